The monoisotopic (exact) mass is 302 g/mol. The number of piperidine rings is 1. The van der Waals surface area contributed by atoms with Gasteiger partial charge in [-0.05, 0) is 50.8 Å². The Morgan fingerprint density at radius 3 is 2.91 bits per heavy atom. The van der Waals surface area contributed by atoms with Gasteiger partial charge in [0, 0.05) is 19.1 Å². The molecular formula is C19H30N2O. The van der Waals surface area contributed by atoms with Crippen LogP contribution in [0.5, 0.6) is 0 Å². The Labute approximate surface area is 135 Å². The highest BCUT2D eigenvalue weighted by molar-refractivity contribution is 5.79. The first-order valence-corrected chi connectivity index (χ1v) is 8.67. The molecule has 3 nitrogen and oxygen atoms in total. The fraction of sp³-hybridized carbons (Fsp3) is 0.632. The molecule has 1 N–H and O–H groups in total. The smallest absolute Gasteiger partial charge is 0.224 e. The van der Waals surface area contributed by atoms with E-state index in [-0.39, 0.29) is 11.8 Å². The van der Waals surface area contributed by atoms with Crippen LogP contribution >= 0.6 is 0 Å². The predicted molar refractivity (Wildman–Crippen MR) is 91.7 cm³/mol. The van der Waals surface area contributed by atoms with Crippen molar-refractivity contribution in [2.75, 3.05) is 13.1 Å². The van der Waals surface area contributed by atoms with Gasteiger partial charge in [0.25, 0.3) is 0 Å². The molecule has 1 aliphatic rings. The van der Waals surface area contributed by atoms with Gasteiger partial charge >= 0.3 is 0 Å². The number of carbonyl (C=O) groups excluding carboxylic acids is 1. The van der Waals surface area contributed by atoms with Gasteiger partial charge in [0.2, 0.25) is 5.91 Å². The number of benzene rings is 1. The lowest BCUT2D eigenvalue weighted by atomic mass is 9.95. The fourth-order valence-electron chi connectivity index (χ4n) is 3.31. The molecule has 1 saturated heterocycles. The maximum atomic E-state index is 12.4. The van der Waals surface area contributed by atoms with Crippen molar-refractivity contribution in [3.8, 4) is 0 Å². The second kappa shape index (κ2) is 8.33. The number of hydrogen-bond acceptors (Lipinski definition) is 2. The van der Waals surface area contributed by atoms with Crippen molar-refractivity contribution in [2.24, 2.45) is 5.92 Å². The number of carbonyl (C=O) groups is 1. The molecule has 122 valence electrons. The Kier molecular flexibility index (Phi) is 6.44. The van der Waals surface area contributed by atoms with Gasteiger partial charge in [-0.3, -0.25) is 9.69 Å². The number of aryl methyl sites for hydroxylation is 1. The lowest BCUT2D eigenvalue weighted by Gasteiger charge is -2.33. The lowest BCUT2D eigenvalue weighted by Crippen LogP contribution is -2.45. The van der Waals surface area contributed by atoms with E-state index in [0.29, 0.717) is 6.04 Å². The van der Waals surface area contributed by atoms with Crippen LogP contribution in [-0.2, 0) is 11.3 Å². The van der Waals surface area contributed by atoms with Crippen molar-refractivity contribution in [1.29, 1.82) is 0 Å². The standard InChI is InChI=1S/C19H30N2O/c1-4-8-16(3)20-19(22)18-11-7-12-21(14-18)13-17-10-6-5-9-15(17)2/h5-6,9-10,16,18H,4,7-8,11-14H2,1-3H3,(H,20,22). The van der Waals surface area contributed by atoms with Crippen molar-refractivity contribution in [3.05, 3.63) is 35.4 Å². The largest absolute Gasteiger partial charge is 0.353 e. The maximum absolute atomic E-state index is 12.4. The fourth-order valence-corrected chi connectivity index (χ4v) is 3.31. The SMILES string of the molecule is CCCC(C)NC(=O)C1CCCN(Cc2ccccc2C)C1. The third kappa shape index (κ3) is 4.84. The van der Waals surface area contributed by atoms with Gasteiger partial charge < -0.3 is 5.32 Å². The second-order valence-electron chi connectivity index (χ2n) is 6.70. The number of likely N-dealkylation sites (tertiary alicyclic amines) is 1. The van der Waals surface area contributed by atoms with Gasteiger partial charge in [0.05, 0.1) is 5.92 Å². The second-order valence-corrected chi connectivity index (χ2v) is 6.70. The van der Waals surface area contributed by atoms with Gasteiger partial charge in [0.15, 0.2) is 0 Å². The summed E-state index contributed by atoms with van der Waals surface area (Å²) >= 11 is 0. The van der Waals surface area contributed by atoms with Crippen LogP contribution in [0.15, 0.2) is 24.3 Å². The molecule has 0 bridgehead atoms. The first kappa shape index (κ1) is 17.0. The zero-order chi connectivity index (χ0) is 15.9. The minimum atomic E-state index is 0.150. The number of hydrogen-bond donors (Lipinski definition) is 1. The molecule has 3 heteroatoms. The van der Waals surface area contributed by atoms with E-state index in [1.54, 1.807) is 0 Å². The summed E-state index contributed by atoms with van der Waals surface area (Å²) in [7, 11) is 0. The molecule has 0 spiro atoms. The van der Waals surface area contributed by atoms with E-state index in [9.17, 15) is 4.79 Å². The summed E-state index contributed by atoms with van der Waals surface area (Å²) in [5.41, 5.74) is 2.72. The Hall–Kier alpha value is -1.35. The van der Waals surface area contributed by atoms with E-state index in [4.69, 9.17) is 0 Å². The molecule has 2 atom stereocenters. The van der Waals surface area contributed by atoms with Crippen molar-refractivity contribution in [2.45, 2.75) is 59.0 Å². The molecule has 0 aromatic heterocycles. The zero-order valence-electron chi connectivity index (χ0n) is 14.3. The van der Waals surface area contributed by atoms with Crippen molar-refractivity contribution in [1.82, 2.24) is 10.2 Å². The molecule has 1 fully saturated rings. The quantitative estimate of drug-likeness (QED) is 0.872. The first-order valence-electron chi connectivity index (χ1n) is 8.67. The first-order chi connectivity index (χ1) is 10.6. The number of nitrogens with zero attached hydrogens (tertiary/aromatic N) is 1. The van der Waals surface area contributed by atoms with Crippen LogP contribution < -0.4 is 5.32 Å². The molecule has 1 aliphatic heterocycles. The van der Waals surface area contributed by atoms with Crippen molar-refractivity contribution >= 4 is 5.91 Å². The Morgan fingerprint density at radius 2 is 2.18 bits per heavy atom. The Bertz CT molecular complexity index is 486. The van der Waals surface area contributed by atoms with E-state index in [1.165, 1.54) is 11.1 Å². The number of amides is 1. The molecule has 2 rings (SSSR count). The number of nitrogens with one attached hydrogen (secondary N) is 1. The number of rotatable bonds is 6. The van der Waals surface area contributed by atoms with Crippen LogP contribution in [0.1, 0.15) is 50.7 Å². The summed E-state index contributed by atoms with van der Waals surface area (Å²) in [6.07, 6.45) is 4.32. The van der Waals surface area contributed by atoms with E-state index in [2.05, 4.69) is 55.3 Å². The van der Waals surface area contributed by atoms with Crippen LogP contribution in [0.4, 0.5) is 0 Å². The third-order valence-corrected chi connectivity index (χ3v) is 4.64. The molecule has 22 heavy (non-hydrogen) atoms. The van der Waals surface area contributed by atoms with E-state index in [1.807, 2.05) is 0 Å². The summed E-state index contributed by atoms with van der Waals surface area (Å²) in [5, 5.41) is 3.18. The Balaban J connectivity index is 1.89. The van der Waals surface area contributed by atoms with E-state index in [0.717, 1.165) is 45.3 Å². The predicted octanol–water partition coefficient (Wildman–Crippen LogP) is 3.51. The van der Waals surface area contributed by atoms with Crippen LogP contribution in [-0.4, -0.2) is 29.9 Å². The highest BCUT2D eigenvalue weighted by Crippen LogP contribution is 2.20. The molecule has 1 aromatic rings. The minimum Gasteiger partial charge on any atom is -0.353 e. The minimum absolute atomic E-state index is 0.150. The molecule has 0 aliphatic carbocycles. The van der Waals surface area contributed by atoms with Crippen LogP contribution in [0.25, 0.3) is 0 Å². The van der Waals surface area contributed by atoms with Gasteiger partial charge in [-0.2, -0.15) is 0 Å². The third-order valence-electron chi connectivity index (χ3n) is 4.64. The average molecular weight is 302 g/mol. The van der Waals surface area contributed by atoms with Gasteiger partial charge in [-0.1, -0.05) is 37.6 Å². The molecule has 0 saturated carbocycles. The van der Waals surface area contributed by atoms with Crippen LogP contribution in [0, 0.1) is 12.8 Å². The molecular weight excluding hydrogens is 272 g/mol. The van der Waals surface area contributed by atoms with E-state index >= 15 is 0 Å². The van der Waals surface area contributed by atoms with Crippen LogP contribution in [0.3, 0.4) is 0 Å². The topological polar surface area (TPSA) is 32.3 Å². The highest BCUT2D eigenvalue weighted by atomic mass is 16.2. The van der Waals surface area contributed by atoms with Crippen LogP contribution in [0.2, 0.25) is 0 Å². The maximum Gasteiger partial charge on any atom is 0.224 e. The van der Waals surface area contributed by atoms with E-state index < -0.39 is 0 Å². The molecule has 1 aromatic carbocycles. The Morgan fingerprint density at radius 1 is 1.41 bits per heavy atom. The molecule has 2 unspecified atom stereocenters. The van der Waals surface area contributed by atoms with Gasteiger partial charge in [-0.25, -0.2) is 0 Å². The molecule has 1 amide bonds. The lowest BCUT2D eigenvalue weighted by molar-refractivity contribution is -0.127. The van der Waals surface area contributed by atoms with Crippen molar-refractivity contribution < 1.29 is 4.79 Å². The van der Waals surface area contributed by atoms with Gasteiger partial charge in [-0.15, -0.1) is 0 Å². The molecule has 1 heterocycles. The van der Waals surface area contributed by atoms with Gasteiger partial charge in [0.1, 0.15) is 0 Å². The summed E-state index contributed by atoms with van der Waals surface area (Å²) in [6, 6.07) is 8.84. The summed E-state index contributed by atoms with van der Waals surface area (Å²) in [4.78, 5) is 14.8. The zero-order valence-corrected chi connectivity index (χ0v) is 14.3. The van der Waals surface area contributed by atoms with Crippen molar-refractivity contribution in [3.63, 3.8) is 0 Å². The summed E-state index contributed by atoms with van der Waals surface area (Å²) in [6.45, 7) is 9.38. The summed E-state index contributed by atoms with van der Waals surface area (Å²) < 4.78 is 0. The average Bonchev–Trinajstić information content (AvgIpc) is 2.50. The normalized spacial score (nSPS) is 20.6. The highest BCUT2D eigenvalue weighted by Gasteiger charge is 2.26. The summed E-state index contributed by atoms with van der Waals surface area (Å²) in [5.74, 6) is 0.396. The molecule has 0 radical (unpaired) electrons.